The van der Waals surface area contributed by atoms with Crippen LogP contribution in [0.1, 0.15) is 34.9 Å². The van der Waals surface area contributed by atoms with Crippen LogP contribution in [0.15, 0.2) is 6.07 Å². The van der Waals surface area contributed by atoms with Crippen LogP contribution in [0.2, 0.25) is 0 Å². The molecule has 0 bridgehead atoms. The molecule has 2 rings (SSSR count). The highest BCUT2D eigenvalue weighted by molar-refractivity contribution is 7.15. The molecular formula is C12H15N3O3S. The summed E-state index contributed by atoms with van der Waals surface area (Å²) in [5.74, 6) is 0. The molecule has 0 aromatic carbocycles. The summed E-state index contributed by atoms with van der Waals surface area (Å²) in [6, 6.07) is 1.41. The highest BCUT2D eigenvalue weighted by Gasteiger charge is 2.24. The van der Waals surface area contributed by atoms with Crippen LogP contribution in [-0.2, 0) is 0 Å². The van der Waals surface area contributed by atoms with Crippen LogP contribution in [0.3, 0.4) is 0 Å². The highest BCUT2D eigenvalue weighted by atomic mass is 32.1. The van der Waals surface area contributed by atoms with E-state index in [2.05, 4.69) is 5.10 Å². The summed E-state index contributed by atoms with van der Waals surface area (Å²) in [7, 11) is 0. The van der Waals surface area contributed by atoms with Crippen molar-refractivity contribution in [2.45, 2.75) is 33.8 Å². The number of hydrogen-bond acceptors (Lipinski definition) is 5. The van der Waals surface area contributed by atoms with E-state index in [4.69, 9.17) is 0 Å². The molecule has 2 heterocycles. The Bertz CT molecular complexity index is 643. The van der Waals surface area contributed by atoms with Gasteiger partial charge in [-0.05, 0) is 33.3 Å². The van der Waals surface area contributed by atoms with Crippen LogP contribution in [0.4, 0.5) is 5.69 Å². The van der Waals surface area contributed by atoms with Gasteiger partial charge in [-0.25, -0.2) is 4.68 Å². The van der Waals surface area contributed by atoms with Crippen molar-refractivity contribution in [2.24, 2.45) is 0 Å². The van der Waals surface area contributed by atoms with E-state index in [0.717, 1.165) is 17.0 Å². The number of aliphatic hydroxyl groups is 1. The first-order valence-corrected chi connectivity index (χ1v) is 6.64. The second-order valence-electron chi connectivity index (χ2n) is 4.48. The first-order chi connectivity index (χ1) is 8.82. The Hall–Kier alpha value is -1.73. The van der Waals surface area contributed by atoms with Gasteiger partial charge in [0.15, 0.2) is 5.00 Å². The summed E-state index contributed by atoms with van der Waals surface area (Å²) in [5, 5.41) is 25.5. The zero-order valence-electron chi connectivity index (χ0n) is 11.2. The van der Waals surface area contributed by atoms with E-state index in [1.54, 1.807) is 11.6 Å². The van der Waals surface area contributed by atoms with Crippen molar-refractivity contribution in [3.63, 3.8) is 0 Å². The first-order valence-electron chi connectivity index (χ1n) is 5.82. The van der Waals surface area contributed by atoms with Gasteiger partial charge in [-0.2, -0.15) is 5.10 Å². The van der Waals surface area contributed by atoms with Gasteiger partial charge < -0.3 is 5.11 Å². The van der Waals surface area contributed by atoms with E-state index < -0.39 is 11.0 Å². The molecule has 2 aromatic heterocycles. The van der Waals surface area contributed by atoms with Crippen molar-refractivity contribution in [1.29, 1.82) is 0 Å². The lowest BCUT2D eigenvalue weighted by Gasteiger charge is -2.01. The number of nitrogens with zero attached hydrogens (tertiary/aromatic N) is 3. The standard InChI is InChI=1S/C12H15N3O3S/c1-6-7(2)13-14(8(6)3)12-10(15(17)18)5-11(19-12)9(4)16/h5,9,16H,1-4H3/t9-/m0/s1. The molecule has 0 saturated carbocycles. The molecular weight excluding hydrogens is 266 g/mol. The quantitative estimate of drug-likeness (QED) is 0.693. The second kappa shape index (κ2) is 4.75. The van der Waals surface area contributed by atoms with Crippen LogP contribution in [0.25, 0.3) is 5.00 Å². The van der Waals surface area contributed by atoms with Gasteiger partial charge in [0.1, 0.15) is 0 Å². The summed E-state index contributed by atoms with van der Waals surface area (Å²) in [5.41, 5.74) is 2.71. The molecule has 0 fully saturated rings. The largest absolute Gasteiger partial charge is 0.388 e. The molecule has 6 nitrogen and oxygen atoms in total. The fourth-order valence-electron chi connectivity index (χ4n) is 1.80. The Balaban J connectivity index is 2.66. The minimum Gasteiger partial charge on any atom is -0.388 e. The number of aryl methyl sites for hydroxylation is 1. The Morgan fingerprint density at radius 1 is 1.47 bits per heavy atom. The third kappa shape index (κ3) is 2.26. The third-order valence-corrected chi connectivity index (χ3v) is 4.44. The molecule has 0 aliphatic carbocycles. The van der Waals surface area contributed by atoms with Gasteiger partial charge in [0, 0.05) is 16.6 Å². The predicted octanol–water partition coefficient (Wildman–Crippen LogP) is 2.82. The maximum atomic E-state index is 11.1. The molecule has 1 atom stereocenters. The molecule has 7 heteroatoms. The highest BCUT2D eigenvalue weighted by Crippen LogP contribution is 2.36. The van der Waals surface area contributed by atoms with E-state index in [1.807, 2.05) is 20.8 Å². The lowest BCUT2D eigenvalue weighted by Crippen LogP contribution is -2.00. The molecule has 1 N–H and O–H groups in total. The fourth-order valence-corrected chi connectivity index (χ4v) is 2.86. The Labute approximate surface area is 114 Å². The third-order valence-electron chi connectivity index (χ3n) is 3.17. The van der Waals surface area contributed by atoms with E-state index in [-0.39, 0.29) is 5.69 Å². The summed E-state index contributed by atoms with van der Waals surface area (Å²) >= 11 is 1.19. The van der Waals surface area contributed by atoms with E-state index in [1.165, 1.54) is 17.4 Å². The Morgan fingerprint density at radius 3 is 2.53 bits per heavy atom. The van der Waals surface area contributed by atoms with Crippen LogP contribution in [0.5, 0.6) is 0 Å². The van der Waals surface area contributed by atoms with Crippen LogP contribution in [0, 0.1) is 30.9 Å². The van der Waals surface area contributed by atoms with Crippen molar-refractivity contribution in [1.82, 2.24) is 9.78 Å². The van der Waals surface area contributed by atoms with Gasteiger partial charge in [-0.1, -0.05) is 0 Å². The molecule has 0 spiro atoms. The maximum Gasteiger partial charge on any atom is 0.306 e. The molecule has 0 aliphatic rings. The monoisotopic (exact) mass is 281 g/mol. The van der Waals surface area contributed by atoms with Crippen molar-refractivity contribution in [3.05, 3.63) is 38.0 Å². The minimum atomic E-state index is -0.726. The SMILES string of the molecule is Cc1nn(-c2sc([C@H](C)O)cc2[N+](=O)[O-])c(C)c1C. The van der Waals surface area contributed by atoms with E-state index >= 15 is 0 Å². The molecule has 19 heavy (non-hydrogen) atoms. The molecule has 0 aliphatic heterocycles. The van der Waals surface area contributed by atoms with Gasteiger partial charge in [-0.3, -0.25) is 10.1 Å². The molecule has 0 amide bonds. The molecule has 0 radical (unpaired) electrons. The van der Waals surface area contributed by atoms with Gasteiger partial charge in [0.2, 0.25) is 0 Å². The predicted molar refractivity (Wildman–Crippen MR) is 72.9 cm³/mol. The lowest BCUT2D eigenvalue weighted by molar-refractivity contribution is -0.384. The van der Waals surface area contributed by atoms with Gasteiger partial charge in [-0.15, -0.1) is 11.3 Å². The van der Waals surface area contributed by atoms with Crippen molar-refractivity contribution in [2.75, 3.05) is 0 Å². The molecule has 2 aromatic rings. The fraction of sp³-hybridized carbons (Fsp3) is 0.417. The van der Waals surface area contributed by atoms with Crippen LogP contribution in [-0.4, -0.2) is 19.8 Å². The number of aromatic nitrogens is 2. The maximum absolute atomic E-state index is 11.1. The average molecular weight is 281 g/mol. The zero-order chi connectivity index (χ0) is 14.3. The first kappa shape index (κ1) is 13.7. The summed E-state index contributed by atoms with van der Waals surface area (Å²) < 4.78 is 1.58. The average Bonchev–Trinajstić information content (AvgIpc) is 2.87. The number of hydrogen-bond donors (Lipinski definition) is 1. The lowest BCUT2D eigenvalue weighted by atomic mass is 10.2. The Morgan fingerprint density at radius 2 is 2.11 bits per heavy atom. The molecule has 0 saturated heterocycles. The zero-order valence-corrected chi connectivity index (χ0v) is 12.0. The van der Waals surface area contributed by atoms with E-state index in [9.17, 15) is 15.2 Å². The summed E-state index contributed by atoms with van der Waals surface area (Å²) in [6.45, 7) is 7.27. The van der Waals surface area contributed by atoms with Crippen molar-refractivity contribution >= 4 is 17.0 Å². The van der Waals surface area contributed by atoms with Gasteiger partial charge >= 0.3 is 5.69 Å². The summed E-state index contributed by atoms with van der Waals surface area (Å²) in [6.07, 6.45) is -0.726. The Kier molecular flexibility index (Phi) is 3.42. The van der Waals surface area contributed by atoms with Crippen LogP contribution >= 0.6 is 11.3 Å². The molecule has 102 valence electrons. The van der Waals surface area contributed by atoms with Crippen molar-refractivity contribution < 1.29 is 10.0 Å². The number of aliphatic hydroxyl groups excluding tert-OH is 1. The molecule has 0 unspecified atom stereocenters. The minimum absolute atomic E-state index is 0.0218. The van der Waals surface area contributed by atoms with Crippen molar-refractivity contribution in [3.8, 4) is 5.00 Å². The number of thiophene rings is 1. The number of rotatable bonds is 3. The van der Waals surface area contributed by atoms with Gasteiger partial charge in [0.25, 0.3) is 0 Å². The van der Waals surface area contributed by atoms with Gasteiger partial charge in [0.05, 0.1) is 16.7 Å². The smallest absolute Gasteiger partial charge is 0.306 e. The van der Waals surface area contributed by atoms with Crippen LogP contribution < -0.4 is 0 Å². The topological polar surface area (TPSA) is 81.2 Å². The second-order valence-corrected chi connectivity index (χ2v) is 5.54. The normalized spacial score (nSPS) is 12.7. The van der Waals surface area contributed by atoms with E-state index in [0.29, 0.717) is 9.88 Å². The number of nitro groups is 1. The summed E-state index contributed by atoms with van der Waals surface area (Å²) in [4.78, 5) is 11.2.